The molecular weight excluding hydrogens is 514 g/mol. The van der Waals surface area contributed by atoms with Crippen LogP contribution in [0, 0.1) is 0 Å². The molecule has 2 N–H and O–H groups in total. The van der Waals surface area contributed by atoms with Crippen LogP contribution in [0.5, 0.6) is 11.5 Å². The van der Waals surface area contributed by atoms with Crippen LogP contribution in [0.25, 0.3) is 6.08 Å². The fraction of sp³-hybridized carbons (Fsp3) is 0.0667. The first-order valence-electron chi connectivity index (χ1n) is 12.0. The summed E-state index contributed by atoms with van der Waals surface area (Å²) in [4.78, 5) is 38.8. The number of benzene rings is 3. The summed E-state index contributed by atoms with van der Waals surface area (Å²) >= 11 is 1.43. The zero-order valence-electron chi connectivity index (χ0n) is 21.0. The van der Waals surface area contributed by atoms with Gasteiger partial charge in [-0.2, -0.15) is 5.10 Å². The number of carbonyl (C=O) groups is 3. The average molecular weight is 540 g/mol. The third-order valence-corrected chi connectivity index (χ3v) is 6.04. The van der Waals surface area contributed by atoms with E-state index in [4.69, 9.17) is 9.47 Å². The second-order valence-corrected chi connectivity index (χ2v) is 8.97. The maximum Gasteiger partial charge on any atom is 0.343 e. The normalized spacial score (nSPS) is 11.2. The zero-order chi connectivity index (χ0) is 27.5. The van der Waals surface area contributed by atoms with E-state index in [9.17, 15) is 14.4 Å². The minimum absolute atomic E-state index is 0.0432. The maximum absolute atomic E-state index is 12.9. The van der Waals surface area contributed by atoms with E-state index in [2.05, 4.69) is 15.8 Å². The van der Waals surface area contributed by atoms with Gasteiger partial charge >= 0.3 is 5.97 Å². The van der Waals surface area contributed by atoms with Crippen molar-refractivity contribution in [1.29, 1.82) is 0 Å². The minimum Gasteiger partial charge on any atom is -0.490 e. The van der Waals surface area contributed by atoms with Gasteiger partial charge in [0.1, 0.15) is 5.70 Å². The minimum atomic E-state index is -0.595. The Labute approximate surface area is 229 Å². The molecule has 0 unspecified atom stereocenters. The van der Waals surface area contributed by atoms with Crippen molar-refractivity contribution in [2.45, 2.75) is 6.92 Å². The molecule has 196 valence electrons. The van der Waals surface area contributed by atoms with Crippen LogP contribution in [0.2, 0.25) is 0 Å². The van der Waals surface area contributed by atoms with Crippen molar-refractivity contribution in [3.05, 3.63) is 124 Å². The number of ether oxygens (including phenoxy) is 2. The highest BCUT2D eigenvalue weighted by Crippen LogP contribution is 2.29. The Morgan fingerprint density at radius 1 is 0.872 bits per heavy atom. The van der Waals surface area contributed by atoms with Gasteiger partial charge in [-0.05, 0) is 72.5 Å². The largest absolute Gasteiger partial charge is 0.490 e. The molecule has 8 nitrogen and oxygen atoms in total. The van der Waals surface area contributed by atoms with Crippen molar-refractivity contribution < 1.29 is 23.9 Å². The van der Waals surface area contributed by atoms with Gasteiger partial charge in [0, 0.05) is 10.4 Å². The van der Waals surface area contributed by atoms with E-state index in [1.54, 1.807) is 78.9 Å². The molecule has 4 aromatic rings. The molecule has 9 heteroatoms. The number of thiophene rings is 1. The second kappa shape index (κ2) is 13.5. The molecule has 0 atom stereocenters. The number of nitrogens with one attached hydrogen (secondary N) is 2. The maximum atomic E-state index is 12.9. The van der Waals surface area contributed by atoms with Crippen LogP contribution in [0.4, 0.5) is 0 Å². The van der Waals surface area contributed by atoms with Crippen molar-refractivity contribution in [3.8, 4) is 11.5 Å². The molecule has 0 saturated heterocycles. The summed E-state index contributed by atoms with van der Waals surface area (Å²) in [6, 6.07) is 25.8. The number of carbonyl (C=O) groups excluding carboxylic acids is 3. The molecule has 0 aliphatic heterocycles. The highest BCUT2D eigenvalue weighted by Gasteiger charge is 2.15. The topological polar surface area (TPSA) is 106 Å². The molecule has 1 aromatic heterocycles. The van der Waals surface area contributed by atoms with E-state index in [-0.39, 0.29) is 11.4 Å². The molecular formula is C30H25N3O5S. The summed E-state index contributed by atoms with van der Waals surface area (Å²) in [5, 5.41) is 8.56. The van der Waals surface area contributed by atoms with Gasteiger partial charge in [-0.3, -0.25) is 9.59 Å². The Bertz CT molecular complexity index is 1480. The third kappa shape index (κ3) is 7.73. The Morgan fingerprint density at radius 2 is 1.59 bits per heavy atom. The van der Waals surface area contributed by atoms with Gasteiger partial charge in [0.25, 0.3) is 11.8 Å². The molecule has 4 rings (SSSR count). The van der Waals surface area contributed by atoms with Crippen LogP contribution < -0.4 is 20.2 Å². The number of hydrogen-bond acceptors (Lipinski definition) is 7. The molecule has 0 bridgehead atoms. The highest BCUT2D eigenvalue weighted by atomic mass is 32.1. The van der Waals surface area contributed by atoms with E-state index >= 15 is 0 Å². The van der Waals surface area contributed by atoms with Crippen LogP contribution >= 0.6 is 11.3 Å². The first kappa shape index (κ1) is 27.0. The SMILES string of the molecule is CCOc1cc(/C=N\NC(=O)/C(=C/c2cccs2)NC(=O)c2ccccc2)ccc1OC(=O)c1ccccc1. The molecule has 3 aromatic carbocycles. The van der Waals surface area contributed by atoms with Crippen molar-refractivity contribution in [3.63, 3.8) is 0 Å². The number of esters is 1. The fourth-order valence-corrected chi connectivity index (χ4v) is 4.03. The first-order chi connectivity index (χ1) is 19.0. The molecule has 0 spiro atoms. The molecule has 1 heterocycles. The zero-order valence-corrected chi connectivity index (χ0v) is 21.8. The molecule has 0 radical (unpaired) electrons. The Morgan fingerprint density at radius 3 is 2.26 bits per heavy atom. The summed E-state index contributed by atoms with van der Waals surface area (Å²) in [7, 11) is 0. The Kier molecular flexibility index (Phi) is 9.36. The van der Waals surface area contributed by atoms with Gasteiger partial charge in [-0.15, -0.1) is 11.3 Å². The molecule has 0 saturated carbocycles. The van der Waals surface area contributed by atoms with E-state index < -0.39 is 17.8 Å². The summed E-state index contributed by atoms with van der Waals surface area (Å²) in [5.74, 6) is -0.906. The van der Waals surface area contributed by atoms with Crippen molar-refractivity contribution >= 4 is 41.4 Å². The Hall–Kier alpha value is -5.02. The van der Waals surface area contributed by atoms with Gasteiger partial charge in [-0.1, -0.05) is 42.5 Å². The lowest BCUT2D eigenvalue weighted by Crippen LogP contribution is -2.32. The number of nitrogens with zero attached hydrogens (tertiary/aromatic N) is 1. The van der Waals surface area contributed by atoms with Gasteiger partial charge < -0.3 is 14.8 Å². The van der Waals surface area contributed by atoms with Crippen LogP contribution in [0.1, 0.15) is 38.1 Å². The fourth-order valence-electron chi connectivity index (χ4n) is 3.37. The van der Waals surface area contributed by atoms with E-state index in [0.717, 1.165) is 4.88 Å². The van der Waals surface area contributed by atoms with Crippen LogP contribution in [-0.4, -0.2) is 30.6 Å². The van der Waals surface area contributed by atoms with Crippen LogP contribution in [-0.2, 0) is 4.79 Å². The molecule has 0 fully saturated rings. The van der Waals surface area contributed by atoms with Crippen LogP contribution in [0.3, 0.4) is 0 Å². The number of rotatable bonds is 10. The van der Waals surface area contributed by atoms with E-state index in [1.165, 1.54) is 17.6 Å². The van der Waals surface area contributed by atoms with Gasteiger partial charge in [0.15, 0.2) is 11.5 Å². The van der Waals surface area contributed by atoms with Gasteiger partial charge in [0.2, 0.25) is 0 Å². The monoisotopic (exact) mass is 539 g/mol. The number of amides is 2. The average Bonchev–Trinajstić information content (AvgIpc) is 3.48. The standard InChI is InChI=1S/C30H25N3O5S/c1-2-37-27-18-21(15-16-26(27)38-30(36)23-12-7-4-8-13-23)20-31-33-29(35)25(19-24-14-9-17-39-24)32-28(34)22-10-5-3-6-11-22/h3-20H,2H2,1H3,(H,32,34)(H,33,35)/b25-19-,31-20-. The Balaban J connectivity index is 1.46. The first-order valence-corrected chi connectivity index (χ1v) is 12.9. The number of hydrazone groups is 1. The van der Waals surface area contributed by atoms with Crippen molar-refractivity contribution in [2.75, 3.05) is 6.61 Å². The molecule has 0 aliphatic carbocycles. The lowest BCUT2D eigenvalue weighted by atomic mass is 10.2. The summed E-state index contributed by atoms with van der Waals surface area (Å²) in [6.45, 7) is 2.17. The smallest absolute Gasteiger partial charge is 0.343 e. The number of hydrogen-bond donors (Lipinski definition) is 2. The van der Waals surface area contributed by atoms with Gasteiger partial charge in [-0.25, -0.2) is 10.2 Å². The molecule has 39 heavy (non-hydrogen) atoms. The highest BCUT2D eigenvalue weighted by molar-refractivity contribution is 7.10. The third-order valence-electron chi connectivity index (χ3n) is 5.22. The van der Waals surface area contributed by atoms with Gasteiger partial charge in [0.05, 0.1) is 18.4 Å². The lowest BCUT2D eigenvalue weighted by Gasteiger charge is -2.11. The van der Waals surface area contributed by atoms with Crippen molar-refractivity contribution in [2.24, 2.45) is 5.10 Å². The van der Waals surface area contributed by atoms with E-state index in [0.29, 0.717) is 29.0 Å². The summed E-state index contributed by atoms with van der Waals surface area (Å²) in [6.07, 6.45) is 3.00. The second-order valence-electron chi connectivity index (χ2n) is 7.99. The summed E-state index contributed by atoms with van der Waals surface area (Å²) < 4.78 is 11.2. The summed E-state index contributed by atoms with van der Waals surface area (Å²) in [5.41, 5.74) is 3.92. The lowest BCUT2D eigenvalue weighted by molar-refractivity contribution is -0.117. The van der Waals surface area contributed by atoms with E-state index in [1.807, 2.05) is 30.5 Å². The predicted molar refractivity (Wildman–Crippen MR) is 151 cm³/mol. The molecule has 2 amide bonds. The van der Waals surface area contributed by atoms with Crippen molar-refractivity contribution in [1.82, 2.24) is 10.7 Å². The van der Waals surface area contributed by atoms with Crippen LogP contribution in [0.15, 0.2) is 107 Å². The predicted octanol–water partition coefficient (Wildman–Crippen LogP) is 5.29. The molecule has 0 aliphatic rings. The quantitative estimate of drug-likeness (QED) is 0.0937.